The molecular weight excluding hydrogens is 466 g/mol. The van der Waals surface area contributed by atoms with Crippen molar-refractivity contribution in [2.24, 2.45) is 0 Å². The molecular formula is C35H21NO2. The van der Waals surface area contributed by atoms with Gasteiger partial charge in [0.25, 0.3) is 0 Å². The molecule has 38 heavy (non-hydrogen) atoms. The first-order valence-corrected chi connectivity index (χ1v) is 12.7. The van der Waals surface area contributed by atoms with Crippen LogP contribution in [0.2, 0.25) is 0 Å². The predicted octanol–water partition coefficient (Wildman–Crippen LogP) is 9.88. The number of rotatable bonds is 3. The van der Waals surface area contributed by atoms with Gasteiger partial charge in [0.15, 0.2) is 0 Å². The van der Waals surface area contributed by atoms with Crippen LogP contribution in [0.5, 0.6) is 0 Å². The van der Waals surface area contributed by atoms with Gasteiger partial charge in [-0.2, -0.15) is 0 Å². The van der Waals surface area contributed by atoms with Crippen LogP contribution in [0.1, 0.15) is 0 Å². The summed E-state index contributed by atoms with van der Waals surface area (Å²) < 4.78 is 12.5. The van der Waals surface area contributed by atoms with Crippen molar-refractivity contribution in [2.75, 3.05) is 0 Å². The van der Waals surface area contributed by atoms with Gasteiger partial charge in [0.05, 0.1) is 11.4 Å². The van der Waals surface area contributed by atoms with E-state index in [0.717, 1.165) is 77.5 Å². The summed E-state index contributed by atoms with van der Waals surface area (Å²) in [5.41, 5.74) is 9.70. The van der Waals surface area contributed by atoms with Gasteiger partial charge in [-0.1, -0.05) is 78.9 Å². The average Bonchev–Trinajstić information content (AvgIpc) is 3.55. The Labute approximate surface area is 218 Å². The Kier molecular flexibility index (Phi) is 4.52. The second-order valence-electron chi connectivity index (χ2n) is 9.58. The molecule has 0 atom stereocenters. The highest BCUT2D eigenvalue weighted by Gasteiger charge is 2.17. The molecule has 0 unspecified atom stereocenters. The molecule has 3 aromatic heterocycles. The Bertz CT molecular complexity index is 2130. The Balaban J connectivity index is 1.40. The molecule has 0 radical (unpaired) electrons. The maximum atomic E-state index is 6.39. The molecule has 0 amide bonds. The Morgan fingerprint density at radius 3 is 1.89 bits per heavy atom. The summed E-state index contributed by atoms with van der Waals surface area (Å²) in [6.07, 6.45) is 0. The minimum absolute atomic E-state index is 0.850. The third-order valence-corrected chi connectivity index (χ3v) is 7.28. The summed E-state index contributed by atoms with van der Waals surface area (Å²) in [5, 5.41) is 4.43. The average molecular weight is 488 g/mol. The van der Waals surface area contributed by atoms with Crippen LogP contribution in [0, 0.1) is 0 Å². The first-order chi connectivity index (χ1) is 18.8. The predicted molar refractivity (Wildman–Crippen MR) is 155 cm³/mol. The molecule has 3 nitrogen and oxygen atoms in total. The number of aromatic nitrogens is 1. The third kappa shape index (κ3) is 3.26. The number of hydrogen-bond acceptors (Lipinski definition) is 3. The number of nitrogens with zero attached hydrogens (tertiary/aromatic N) is 1. The van der Waals surface area contributed by atoms with E-state index in [9.17, 15) is 0 Å². The zero-order valence-electron chi connectivity index (χ0n) is 20.4. The molecule has 0 saturated heterocycles. The van der Waals surface area contributed by atoms with Gasteiger partial charge in [-0.25, -0.2) is 4.98 Å². The largest absolute Gasteiger partial charge is 0.456 e. The van der Waals surface area contributed by atoms with E-state index >= 15 is 0 Å². The minimum atomic E-state index is 0.850. The zero-order chi connectivity index (χ0) is 25.1. The molecule has 178 valence electrons. The molecule has 0 bridgehead atoms. The first kappa shape index (κ1) is 21.0. The van der Waals surface area contributed by atoms with Crippen LogP contribution in [-0.2, 0) is 0 Å². The topological polar surface area (TPSA) is 39.2 Å². The van der Waals surface area contributed by atoms with Gasteiger partial charge in [-0.15, -0.1) is 0 Å². The van der Waals surface area contributed by atoms with Crippen molar-refractivity contribution in [2.45, 2.75) is 0 Å². The Hall–Kier alpha value is -5.15. The molecule has 8 rings (SSSR count). The van der Waals surface area contributed by atoms with E-state index in [1.807, 2.05) is 42.5 Å². The van der Waals surface area contributed by atoms with Crippen molar-refractivity contribution in [1.82, 2.24) is 4.98 Å². The van der Waals surface area contributed by atoms with Crippen molar-refractivity contribution in [1.29, 1.82) is 0 Å². The highest BCUT2D eigenvalue weighted by atomic mass is 16.3. The van der Waals surface area contributed by atoms with E-state index in [2.05, 4.69) is 84.9 Å². The smallest absolute Gasteiger partial charge is 0.136 e. The lowest BCUT2D eigenvalue weighted by molar-refractivity contribution is 0.669. The third-order valence-electron chi connectivity index (χ3n) is 7.28. The number of hydrogen-bond donors (Lipinski definition) is 0. The van der Waals surface area contributed by atoms with Gasteiger partial charge >= 0.3 is 0 Å². The van der Waals surface area contributed by atoms with Crippen molar-refractivity contribution >= 4 is 43.9 Å². The Morgan fingerprint density at radius 2 is 1.05 bits per heavy atom. The number of benzene rings is 5. The summed E-state index contributed by atoms with van der Waals surface area (Å²) in [6, 6.07) is 43.7. The van der Waals surface area contributed by atoms with E-state index < -0.39 is 0 Å². The van der Waals surface area contributed by atoms with Gasteiger partial charge in [0.1, 0.15) is 22.3 Å². The summed E-state index contributed by atoms with van der Waals surface area (Å²) >= 11 is 0. The molecule has 5 aromatic carbocycles. The summed E-state index contributed by atoms with van der Waals surface area (Å²) in [5.74, 6) is 0. The molecule has 0 fully saturated rings. The number of furan rings is 2. The summed E-state index contributed by atoms with van der Waals surface area (Å²) in [6.45, 7) is 0. The second kappa shape index (κ2) is 8.19. The molecule has 0 N–H and O–H groups in total. The summed E-state index contributed by atoms with van der Waals surface area (Å²) in [4.78, 5) is 5.03. The lowest BCUT2D eigenvalue weighted by Crippen LogP contribution is -1.89. The van der Waals surface area contributed by atoms with Crippen LogP contribution < -0.4 is 0 Å². The van der Waals surface area contributed by atoms with Crippen molar-refractivity contribution in [3.8, 4) is 33.6 Å². The van der Waals surface area contributed by atoms with E-state index in [-0.39, 0.29) is 0 Å². The maximum Gasteiger partial charge on any atom is 0.136 e. The van der Waals surface area contributed by atoms with Gasteiger partial charge in [0.2, 0.25) is 0 Å². The summed E-state index contributed by atoms with van der Waals surface area (Å²) in [7, 11) is 0. The van der Waals surface area contributed by atoms with Crippen LogP contribution >= 0.6 is 0 Å². The standard InChI is InChI=1S/C35H21NO2/c1-2-9-22(10-3-1)29-13-8-14-30(36-29)24-20-27(35-26-12-5-7-16-32(26)38-34(35)21-24)23-17-18-33-28(19-23)25-11-4-6-15-31(25)37-33/h1-21H. The lowest BCUT2D eigenvalue weighted by Gasteiger charge is -2.10. The molecule has 8 aromatic rings. The van der Waals surface area contributed by atoms with Crippen LogP contribution in [0.25, 0.3) is 77.5 Å². The molecule has 0 aliphatic rings. The molecule has 3 heteroatoms. The van der Waals surface area contributed by atoms with Gasteiger partial charge in [0, 0.05) is 32.7 Å². The highest BCUT2D eigenvalue weighted by molar-refractivity contribution is 6.15. The van der Waals surface area contributed by atoms with E-state index in [1.165, 1.54) is 0 Å². The fourth-order valence-corrected chi connectivity index (χ4v) is 5.49. The van der Waals surface area contributed by atoms with Crippen LogP contribution in [0.4, 0.5) is 0 Å². The number of pyridine rings is 1. The molecule has 0 aliphatic carbocycles. The van der Waals surface area contributed by atoms with Crippen LogP contribution in [0.15, 0.2) is 136 Å². The minimum Gasteiger partial charge on any atom is -0.456 e. The highest BCUT2D eigenvalue weighted by Crippen LogP contribution is 2.41. The SMILES string of the molecule is c1ccc(-c2cccc(-c3cc(-c4ccc5oc6ccccc6c5c4)c4c(c3)oc3ccccc34)n2)cc1. The normalized spacial score (nSPS) is 11.7. The van der Waals surface area contributed by atoms with Crippen molar-refractivity contribution in [3.63, 3.8) is 0 Å². The molecule has 0 saturated carbocycles. The second-order valence-corrected chi connectivity index (χ2v) is 9.58. The maximum absolute atomic E-state index is 6.39. The Morgan fingerprint density at radius 1 is 0.395 bits per heavy atom. The van der Waals surface area contributed by atoms with E-state index in [4.69, 9.17) is 13.8 Å². The van der Waals surface area contributed by atoms with E-state index in [1.54, 1.807) is 0 Å². The van der Waals surface area contributed by atoms with E-state index in [0.29, 0.717) is 0 Å². The van der Waals surface area contributed by atoms with Crippen molar-refractivity contribution in [3.05, 3.63) is 127 Å². The fourth-order valence-electron chi connectivity index (χ4n) is 5.49. The van der Waals surface area contributed by atoms with Gasteiger partial charge in [-0.3, -0.25) is 0 Å². The van der Waals surface area contributed by atoms with Gasteiger partial charge < -0.3 is 8.83 Å². The molecule has 3 heterocycles. The lowest BCUT2D eigenvalue weighted by atomic mass is 9.95. The number of fused-ring (bicyclic) bond motifs is 6. The fraction of sp³-hybridized carbons (Fsp3) is 0. The van der Waals surface area contributed by atoms with Crippen LogP contribution in [-0.4, -0.2) is 4.98 Å². The molecule has 0 aliphatic heterocycles. The van der Waals surface area contributed by atoms with Gasteiger partial charge in [-0.05, 0) is 59.7 Å². The molecule has 0 spiro atoms. The monoisotopic (exact) mass is 487 g/mol. The van der Waals surface area contributed by atoms with Crippen LogP contribution in [0.3, 0.4) is 0 Å². The first-order valence-electron chi connectivity index (χ1n) is 12.7. The quantitative estimate of drug-likeness (QED) is 0.249. The van der Waals surface area contributed by atoms with Crippen molar-refractivity contribution < 1.29 is 8.83 Å². The number of para-hydroxylation sites is 2. The zero-order valence-corrected chi connectivity index (χ0v) is 20.4.